The molecule has 0 aliphatic carbocycles. The fourth-order valence-corrected chi connectivity index (χ4v) is 1.62. The SMILES string of the molecule is CCc1cc(Nc2cnn(CC)c2)nc(C)n1. The van der Waals surface area contributed by atoms with Gasteiger partial charge in [-0.1, -0.05) is 6.92 Å². The van der Waals surface area contributed by atoms with E-state index in [1.807, 2.05) is 23.9 Å². The summed E-state index contributed by atoms with van der Waals surface area (Å²) in [7, 11) is 0. The molecule has 2 heterocycles. The first kappa shape index (κ1) is 11.6. The molecule has 90 valence electrons. The second-order valence-corrected chi connectivity index (χ2v) is 3.85. The highest BCUT2D eigenvalue weighted by atomic mass is 15.3. The number of nitrogens with one attached hydrogen (secondary N) is 1. The molecular weight excluding hydrogens is 214 g/mol. The molecule has 0 aliphatic heterocycles. The Bertz CT molecular complexity index is 503. The molecule has 5 nitrogen and oxygen atoms in total. The molecule has 0 spiro atoms. The van der Waals surface area contributed by atoms with Crippen molar-refractivity contribution in [2.45, 2.75) is 33.7 Å². The third kappa shape index (κ3) is 2.81. The maximum absolute atomic E-state index is 4.35. The van der Waals surface area contributed by atoms with E-state index in [1.54, 1.807) is 6.20 Å². The summed E-state index contributed by atoms with van der Waals surface area (Å²) in [6.07, 6.45) is 4.67. The molecular formula is C12H17N5. The van der Waals surface area contributed by atoms with E-state index in [1.165, 1.54) is 0 Å². The van der Waals surface area contributed by atoms with Crippen LogP contribution in [-0.4, -0.2) is 19.7 Å². The van der Waals surface area contributed by atoms with Crippen molar-refractivity contribution in [3.8, 4) is 0 Å². The fourth-order valence-electron chi connectivity index (χ4n) is 1.62. The van der Waals surface area contributed by atoms with Crippen LogP contribution in [0.15, 0.2) is 18.5 Å². The van der Waals surface area contributed by atoms with Gasteiger partial charge in [-0.15, -0.1) is 0 Å². The zero-order valence-electron chi connectivity index (χ0n) is 10.4. The van der Waals surface area contributed by atoms with Crippen LogP contribution in [0.1, 0.15) is 25.4 Å². The number of aromatic nitrogens is 4. The highest BCUT2D eigenvalue weighted by Gasteiger charge is 2.02. The number of aryl methyl sites for hydroxylation is 3. The number of anilines is 2. The Morgan fingerprint density at radius 2 is 2.12 bits per heavy atom. The van der Waals surface area contributed by atoms with Crippen molar-refractivity contribution in [2.75, 3.05) is 5.32 Å². The lowest BCUT2D eigenvalue weighted by molar-refractivity contribution is 0.660. The molecule has 0 aromatic carbocycles. The summed E-state index contributed by atoms with van der Waals surface area (Å²) in [5, 5.41) is 7.45. The van der Waals surface area contributed by atoms with Gasteiger partial charge in [0.1, 0.15) is 11.6 Å². The molecule has 0 amide bonds. The summed E-state index contributed by atoms with van der Waals surface area (Å²) in [6, 6.07) is 1.97. The summed E-state index contributed by atoms with van der Waals surface area (Å²) in [5.41, 5.74) is 2.00. The maximum atomic E-state index is 4.35. The van der Waals surface area contributed by atoms with E-state index in [4.69, 9.17) is 0 Å². The van der Waals surface area contributed by atoms with Gasteiger partial charge in [0.15, 0.2) is 0 Å². The van der Waals surface area contributed by atoms with Crippen molar-refractivity contribution < 1.29 is 0 Å². The van der Waals surface area contributed by atoms with E-state index in [0.29, 0.717) is 0 Å². The largest absolute Gasteiger partial charge is 0.338 e. The van der Waals surface area contributed by atoms with E-state index in [0.717, 1.165) is 36.0 Å². The molecule has 0 aliphatic rings. The van der Waals surface area contributed by atoms with Crippen molar-refractivity contribution in [1.29, 1.82) is 0 Å². The van der Waals surface area contributed by atoms with Crippen LogP contribution in [-0.2, 0) is 13.0 Å². The second-order valence-electron chi connectivity index (χ2n) is 3.85. The maximum Gasteiger partial charge on any atom is 0.134 e. The molecule has 2 rings (SSSR count). The minimum Gasteiger partial charge on any atom is -0.338 e. The van der Waals surface area contributed by atoms with E-state index < -0.39 is 0 Å². The van der Waals surface area contributed by atoms with Gasteiger partial charge >= 0.3 is 0 Å². The Morgan fingerprint density at radius 3 is 2.76 bits per heavy atom. The number of nitrogens with zero attached hydrogens (tertiary/aromatic N) is 4. The second kappa shape index (κ2) is 4.95. The molecule has 0 radical (unpaired) electrons. The van der Waals surface area contributed by atoms with E-state index in [2.05, 4.69) is 34.2 Å². The molecule has 0 atom stereocenters. The number of hydrogen-bond acceptors (Lipinski definition) is 4. The van der Waals surface area contributed by atoms with Gasteiger partial charge in [0.2, 0.25) is 0 Å². The quantitative estimate of drug-likeness (QED) is 0.877. The van der Waals surface area contributed by atoms with Gasteiger partial charge in [0.25, 0.3) is 0 Å². The van der Waals surface area contributed by atoms with Crippen molar-refractivity contribution in [2.24, 2.45) is 0 Å². The van der Waals surface area contributed by atoms with Gasteiger partial charge in [-0.05, 0) is 20.3 Å². The molecule has 0 saturated carbocycles. The third-order valence-electron chi connectivity index (χ3n) is 2.48. The minimum atomic E-state index is 0.787. The highest BCUT2D eigenvalue weighted by molar-refractivity contribution is 5.54. The molecule has 2 aromatic heterocycles. The Hall–Kier alpha value is -1.91. The number of rotatable bonds is 4. The molecule has 0 saturated heterocycles. The monoisotopic (exact) mass is 231 g/mol. The molecule has 5 heteroatoms. The Labute approximate surface area is 101 Å². The van der Waals surface area contributed by atoms with Gasteiger partial charge in [0, 0.05) is 24.5 Å². The smallest absolute Gasteiger partial charge is 0.134 e. The van der Waals surface area contributed by atoms with Gasteiger partial charge in [-0.2, -0.15) is 5.10 Å². The topological polar surface area (TPSA) is 55.6 Å². The summed E-state index contributed by atoms with van der Waals surface area (Å²) >= 11 is 0. The lowest BCUT2D eigenvalue weighted by atomic mass is 10.3. The van der Waals surface area contributed by atoms with Crippen LogP contribution in [0.4, 0.5) is 11.5 Å². The Morgan fingerprint density at radius 1 is 1.29 bits per heavy atom. The van der Waals surface area contributed by atoms with Crippen LogP contribution < -0.4 is 5.32 Å². The van der Waals surface area contributed by atoms with Crippen molar-refractivity contribution >= 4 is 11.5 Å². The first-order valence-electron chi connectivity index (χ1n) is 5.85. The summed E-state index contributed by atoms with van der Waals surface area (Å²) in [6.45, 7) is 6.91. The lowest BCUT2D eigenvalue weighted by Gasteiger charge is -2.05. The van der Waals surface area contributed by atoms with Gasteiger partial charge < -0.3 is 5.32 Å². The molecule has 0 unspecified atom stereocenters. The predicted octanol–water partition coefficient (Wildman–Crippen LogP) is 2.31. The van der Waals surface area contributed by atoms with Gasteiger partial charge in [0.05, 0.1) is 11.9 Å². The third-order valence-corrected chi connectivity index (χ3v) is 2.48. The van der Waals surface area contributed by atoms with Crippen molar-refractivity contribution in [1.82, 2.24) is 19.7 Å². The Balaban J connectivity index is 2.20. The standard InChI is InChI=1S/C12H17N5/c1-4-10-6-12(15-9(3)14-10)16-11-7-13-17(5-2)8-11/h6-8H,4-5H2,1-3H3,(H,14,15,16). The first-order chi connectivity index (χ1) is 8.21. The average molecular weight is 231 g/mol. The molecule has 17 heavy (non-hydrogen) atoms. The summed E-state index contributed by atoms with van der Waals surface area (Å²) in [4.78, 5) is 8.70. The zero-order chi connectivity index (χ0) is 12.3. The normalized spacial score (nSPS) is 10.5. The van der Waals surface area contributed by atoms with Crippen LogP contribution in [0.2, 0.25) is 0 Å². The zero-order valence-corrected chi connectivity index (χ0v) is 10.4. The van der Waals surface area contributed by atoms with Crippen LogP contribution >= 0.6 is 0 Å². The van der Waals surface area contributed by atoms with Gasteiger partial charge in [-0.25, -0.2) is 9.97 Å². The summed E-state index contributed by atoms with van der Waals surface area (Å²) < 4.78 is 1.87. The Kier molecular flexibility index (Phi) is 3.37. The fraction of sp³-hybridized carbons (Fsp3) is 0.417. The molecule has 2 aromatic rings. The number of hydrogen-bond donors (Lipinski definition) is 1. The molecule has 0 fully saturated rings. The van der Waals surface area contributed by atoms with Crippen molar-refractivity contribution in [3.63, 3.8) is 0 Å². The van der Waals surface area contributed by atoms with E-state index in [9.17, 15) is 0 Å². The van der Waals surface area contributed by atoms with Crippen molar-refractivity contribution in [3.05, 3.63) is 30.0 Å². The first-order valence-corrected chi connectivity index (χ1v) is 5.85. The minimum absolute atomic E-state index is 0.787. The van der Waals surface area contributed by atoms with Gasteiger partial charge in [-0.3, -0.25) is 4.68 Å². The highest BCUT2D eigenvalue weighted by Crippen LogP contribution is 2.14. The van der Waals surface area contributed by atoms with E-state index >= 15 is 0 Å². The van der Waals surface area contributed by atoms with Crippen LogP contribution in [0.5, 0.6) is 0 Å². The molecule has 1 N–H and O–H groups in total. The van der Waals surface area contributed by atoms with Crippen LogP contribution in [0.3, 0.4) is 0 Å². The molecule has 0 bridgehead atoms. The van der Waals surface area contributed by atoms with Crippen LogP contribution in [0, 0.1) is 6.92 Å². The van der Waals surface area contributed by atoms with Crippen LogP contribution in [0.25, 0.3) is 0 Å². The van der Waals surface area contributed by atoms with E-state index in [-0.39, 0.29) is 0 Å². The lowest BCUT2D eigenvalue weighted by Crippen LogP contribution is -2.00. The summed E-state index contributed by atoms with van der Waals surface area (Å²) in [5.74, 6) is 1.61. The predicted molar refractivity (Wildman–Crippen MR) is 67.3 cm³/mol. The average Bonchev–Trinajstić information content (AvgIpc) is 2.76.